The normalized spacial score (nSPS) is 16.7. The number of nitrogen functional groups attached to an aromatic ring is 1. The molecule has 3 N–H and O–H groups in total. The number of aromatic nitrogens is 3. The molecule has 0 atom stereocenters. The van der Waals surface area contributed by atoms with Crippen molar-refractivity contribution in [2.45, 2.75) is 32.1 Å². The van der Waals surface area contributed by atoms with Crippen LogP contribution in [-0.4, -0.2) is 21.0 Å². The predicted molar refractivity (Wildman–Crippen MR) is 72.9 cm³/mol. The quantitative estimate of drug-likeness (QED) is 0.650. The van der Waals surface area contributed by atoms with Crippen molar-refractivity contribution in [1.29, 1.82) is 0 Å². The lowest BCUT2D eigenvalue weighted by molar-refractivity contribution is 0.204. The van der Waals surface area contributed by atoms with Gasteiger partial charge in [-0.15, -0.1) is 0 Å². The van der Waals surface area contributed by atoms with Gasteiger partial charge in [-0.1, -0.05) is 19.3 Å². The largest absolute Gasteiger partial charge is 0.475 e. The fourth-order valence-corrected chi connectivity index (χ4v) is 2.62. The van der Waals surface area contributed by atoms with E-state index in [1.165, 1.54) is 32.1 Å². The summed E-state index contributed by atoms with van der Waals surface area (Å²) in [6.07, 6.45) is 11.8. The highest BCUT2D eigenvalue weighted by Crippen LogP contribution is 2.25. The standard InChI is InChI=1S/C13H19N5O/c14-17-11-8-18-7-6-15-12(18)13(16-11)19-9-10-4-2-1-3-5-10/h6-8,10,17H,1-5,9,14H2. The highest BCUT2D eigenvalue weighted by molar-refractivity contribution is 5.53. The molecule has 1 aliphatic rings. The Hall–Kier alpha value is -1.82. The van der Waals surface area contributed by atoms with Crippen molar-refractivity contribution in [3.63, 3.8) is 0 Å². The van der Waals surface area contributed by atoms with Crippen LogP contribution in [0, 0.1) is 5.92 Å². The van der Waals surface area contributed by atoms with E-state index in [0.29, 0.717) is 24.2 Å². The summed E-state index contributed by atoms with van der Waals surface area (Å²) in [4.78, 5) is 8.60. The number of hydrogen-bond acceptors (Lipinski definition) is 5. The molecule has 0 radical (unpaired) electrons. The molecule has 2 heterocycles. The first kappa shape index (κ1) is 12.2. The lowest BCUT2D eigenvalue weighted by Crippen LogP contribution is -2.17. The molecule has 102 valence electrons. The molecular formula is C13H19N5O. The Balaban J connectivity index is 1.77. The number of rotatable bonds is 4. The second-order valence-corrected chi connectivity index (χ2v) is 5.05. The van der Waals surface area contributed by atoms with Crippen LogP contribution in [0.15, 0.2) is 18.6 Å². The third-order valence-corrected chi connectivity index (χ3v) is 3.67. The summed E-state index contributed by atoms with van der Waals surface area (Å²) in [6.45, 7) is 0.712. The molecule has 1 aliphatic carbocycles. The summed E-state index contributed by atoms with van der Waals surface area (Å²) in [5.74, 6) is 7.18. The Kier molecular flexibility index (Phi) is 3.50. The van der Waals surface area contributed by atoms with Crippen molar-refractivity contribution in [3.8, 4) is 5.88 Å². The molecular weight excluding hydrogens is 242 g/mol. The first-order valence-corrected chi connectivity index (χ1v) is 6.80. The van der Waals surface area contributed by atoms with Gasteiger partial charge in [-0.05, 0) is 18.8 Å². The minimum absolute atomic E-state index is 0.547. The molecule has 6 heteroatoms. The molecule has 0 aromatic carbocycles. The average molecular weight is 261 g/mol. The monoisotopic (exact) mass is 261 g/mol. The van der Waals surface area contributed by atoms with Gasteiger partial charge in [0.25, 0.3) is 5.88 Å². The third-order valence-electron chi connectivity index (χ3n) is 3.67. The molecule has 0 bridgehead atoms. The molecule has 0 unspecified atom stereocenters. The van der Waals surface area contributed by atoms with E-state index in [0.717, 1.165) is 5.65 Å². The molecule has 1 fully saturated rings. The van der Waals surface area contributed by atoms with Gasteiger partial charge in [-0.25, -0.2) is 10.8 Å². The van der Waals surface area contributed by atoms with E-state index in [1.54, 1.807) is 12.4 Å². The van der Waals surface area contributed by atoms with E-state index < -0.39 is 0 Å². The minimum atomic E-state index is 0.547. The second kappa shape index (κ2) is 5.44. The van der Waals surface area contributed by atoms with Crippen molar-refractivity contribution in [3.05, 3.63) is 18.6 Å². The predicted octanol–water partition coefficient (Wildman–Crippen LogP) is 1.97. The SMILES string of the molecule is NNc1cn2ccnc2c(OCC2CCCCC2)n1. The van der Waals surface area contributed by atoms with Gasteiger partial charge in [-0.3, -0.25) is 4.40 Å². The average Bonchev–Trinajstić information content (AvgIpc) is 2.94. The van der Waals surface area contributed by atoms with Gasteiger partial charge in [0.15, 0.2) is 5.82 Å². The summed E-state index contributed by atoms with van der Waals surface area (Å²) < 4.78 is 7.73. The number of hydrogen-bond donors (Lipinski definition) is 2. The Morgan fingerprint density at radius 2 is 2.21 bits per heavy atom. The van der Waals surface area contributed by atoms with Crippen LogP contribution in [0.25, 0.3) is 5.65 Å². The van der Waals surface area contributed by atoms with Crippen molar-refractivity contribution in [2.75, 3.05) is 12.0 Å². The zero-order chi connectivity index (χ0) is 13.1. The van der Waals surface area contributed by atoms with Crippen LogP contribution in [0.3, 0.4) is 0 Å². The summed E-state index contributed by atoms with van der Waals surface area (Å²) >= 11 is 0. The molecule has 6 nitrogen and oxygen atoms in total. The third kappa shape index (κ3) is 2.63. The number of nitrogens with two attached hydrogens (primary N) is 1. The molecule has 0 aliphatic heterocycles. The van der Waals surface area contributed by atoms with Gasteiger partial charge in [0.1, 0.15) is 0 Å². The number of nitrogens with one attached hydrogen (secondary N) is 1. The van der Waals surface area contributed by atoms with E-state index in [2.05, 4.69) is 15.4 Å². The summed E-state index contributed by atoms with van der Waals surface area (Å²) in [6, 6.07) is 0. The molecule has 0 amide bonds. The van der Waals surface area contributed by atoms with Gasteiger partial charge in [-0.2, -0.15) is 4.98 Å². The Labute approximate surface area is 112 Å². The maximum atomic E-state index is 5.87. The van der Waals surface area contributed by atoms with Crippen molar-refractivity contribution in [1.82, 2.24) is 14.4 Å². The van der Waals surface area contributed by atoms with Crippen LogP contribution in [0.5, 0.6) is 5.88 Å². The molecule has 0 spiro atoms. The topological polar surface area (TPSA) is 77.5 Å². The van der Waals surface area contributed by atoms with E-state index in [9.17, 15) is 0 Å². The number of ether oxygens (including phenoxy) is 1. The lowest BCUT2D eigenvalue weighted by Gasteiger charge is -2.21. The maximum Gasteiger partial charge on any atom is 0.260 e. The van der Waals surface area contributed by atoms with Gasteiger partial charge >= 0.3 is 0 Å². The highest BCUT2D eigenvalue weighted by atomic mass is 16.5. The first-order chi connectivity index (χ1) is 9.36. The van der Waals surface area contributed by atoms with E-state index in [-0.39, 0.29) is 0 Å². The van der Waals surface area contributed by atoms with Crippen LogP contribution >= 0.6 is 0 Å². The molecule has 2 aromatic heterocycles. The molecule has 19 heavy (non-hydrogen) atoms. The second-order valence-electron chi connectivity index (χ2n) is 5.05. The van der Waals surface area contributed by atoms with Gasteiger partial charge < -0.3 is 10.2 Å². The van der Waals surface area contributed by atoms with Crippen molar-refractivity contribution in [2.24, 2.45) is 11.8 Å². The smallest absolute Gasteiger partial charge is 0.260 e. The van der Waals surface area contributed by atoms with E-state index in [4.69, 9.17) is 10.6 Å². The lowest BCUT2D eigenvalue weighted by atomic mass is 9.90. The maximum absolute atomic E-state index is 5.87. The van der Waals surface area contributed by atoms with Crippen LogP contribution < -0.4 is 16.0 Å². The van der Waals surface area contributed by atoms with Crippen LogP contribution in [0.2, 0.25) is 0 Å². The first-order valence-electron chi connectivity index (χ1n) is 6.80. The van der Waals surface area contributed by atoms with Crippen LogP contribution in [0.1, 0.15) is 32.1 Å². The van der Waals surface area contributed by atoms with Crippen LogP contribution in [0.4, 0.5) is 5.82 Å². The van der Waals surface area contributed by atoms with Gasteiger partial charge in [0.2, 0.25) is 5.65 Å². The number of imidazole rings is 1. The van der Waals surface area contributed by atoms with Gasteiger partial charge in [0, 0.05) is 12.4 Å². The Morgan fingerprint density at radius 1 is 1.37 bits per heavy atom. The number of nitrogens with zero attached hydrogens (tertiary/aromatic N) is 3. The molecule has 0 saturated heterocycles. The molecule has 3 rings (SSSR count). The minimum Gasteiger partial charge on any atom is -0.475 e. The number of fused-ring (bicyclic) bond motifs is 1. The van der Waals surface area contributed by atoms with Crippen molar-refractivity contribution < 1.29 is 4.74 Å². The van der Waals surface area contributed by atoms with Gasteiger partial charge in [0.05, 0.1) is 12.8 Å². The Bertz CT molecular complexity index is 547. The summed E-state index contributed by atoms with van der Waals surface area (Å²) in [5.41, 5.74) is 3.28. The molecule has 1 saturated carbocycles. The van der Waals surface area contributed by atoms with E-state index in [1.807, 2.05) is 10.6 Å². The Morgan fingerprint density at radius 3 is 3.00 bits per heavy atom. The highest BCUT2D eigenvalue weighted by Gasteiger charge is 2.16. The zero-order valence-corrected chi connectivity index (χ0v) is 10.9. The summed E-state index contributed by atoms with van der Waals surface area (Å²) in [5, 5.41) is 0. The number of hydrazine groups is 1. The zero-order valence-electron chi connectivity index (χ0n) is 10.9. The summed E-state index contributed by atoms with van der Waals surface area (Å²) in [7, 11) is 0. The fourth-order valence-electron chi connectivity index (χ4n) is 2.62. The fraction of sp³-hybridized carbons (Fsp3) is 0.538. The molecule has 2 aromatic rings. The van der Waals surface area contributed by atoms with Crippen molar-refractivity contribution >= 4 is 11.5 Å². The number of anilines is 1. The van der Waals surface area contributed by atoms with E-state index >= 15 is 0 Å². The van der Waals surface area contributed by atoms with Crippen LogP contribution in [-0.2, 0) is 0 Å².